The molecular weight excluding hydrogens is 833 g/mol. The van der Waals surface area contributed by atoms with Gasteiger partial charge in [-0.15, -0.1) is 0 Å². The predicted molar refractivity (Wildman–Crippen MR) is 249 cm³/mol. The van der Waals surface area contributed by atoms with E-state index in [2.05, 4.69) is 24.3 Å². The zero-order valence-corrected chi connectivity index (χ0v) is 34.4. The van der Waals surface area contributed by atoms with Gasteiger partial charge in [-0.25, -0.2) is 17.6 Å². The topological polar surface area (TPSA) is 102 Å². The molecule has 310 valence electrons. The fourth-order valence-corrected chi connectivity index (χ4v) is 8.66. The van der Waals surface area contributed by atoms with E-state index in [1.54, 1.807) is 107 Å². The van der Waals surface area contributed by atoms with E-state index < -0.39 is 23.3 Å². The highest BCUT2D eigenvalue weighted by molar-refractivity contribution is 6.28. The number of rotatable bonds is 8. The maximum atomic E-state index is 16.5. The molecule has 0 saturated carbocycles. The monoisotopic (exact) mass is 860 g/mol. The van der Waals surface area contributed by atoms with Gasteiger partial charge < -0.3 is 9.80 Å². The first-order chi connectivity index (χ1) is 32.2. The van der Waals surface area contributed by atoms with Crippen LogP contribution < -0.4 is 9.80 Å². The highest BCUT2D eigenvalue weighted by Crippen LogP contribution is 2.49. The van der Waals surface area contributed by atoms with E-state index in [0.717, 1.165) is 33.7 Å². The summed E-state index contributed by atoms with van der Waals surface area (Å²) in [5, 5.41) is 42.7. The van der Waals surface area contributed by atoms with Crippen molar-refractivity contribution in [3.8, 4) is 46.5 Å². The van der Waals surface area contributed by atoms with Crippen LogP contribution in [-0.4, -0.2) is 0 Å². The van der Waals surface area contributed by atoms with Gasteiger partial charge in [0.15, 0.2) is 0 Å². The zero-order valence-electron chi connectivity index (χ0n) is 34.4. The second-order valence-corrected chi connectivity index (χ2v) is 15.5. The standard InChI is InChI=1S/C56H28F4N6/c57-47-27-49(59)53(25-45(47)37-9-1-33(29-61)2-10-37)65(41-17-5-35(31-63)6-18-41)51-23-15-39-14-22-44-52(24-16-40-13-21-43(51)55(39)56(40)44)66(42-19-7-36(32-64)8-20-42)54-26-46(48(58)28-50(54)60)38-11-3-34(30-62)4-12-38/h1-28H. The number of benzene rings is 10. The van der Waals surface area contributed by atoms with Crippen LogP contribution in [0.1, 0.15) is 22.3 Å². The van der Waals surface area contributed by atoms with Gasteiger partial charge in [0, 0.05) is 45.4 Å². The van der Waals surface area contributed by atoms with Gasteiger partial charge in [0.05, 0.1) is 69.3 Å². The number of hydrogen-bond donors (Lipinski definition) is 0. The molecule has 0 heterocycles. The van der Waals surface area contributed by atoms with E-state index in [-0.39, 0.29) is 22.5 Å². The Bertz CT molecular complexity index is 3480. The largest absolute Gasteiger partial charge is 0.307 e. The zero-order chi connectivity index (χ0) is 45.6. The Morgan fingerprint density at radius 1 is 0.318 bits per heavy atom. The van der Waals surface area contributed by atoms with Gasteiger partial charge in [0.2, 0.25) is 0 Å². The summed E-state index contributed by atoms with van der Waals surface area (Å²) in [7, 11) is 0. The molecule has 10 aromatic carbocycles. The first-order valence-electron chi connectivity index (χ1n) is 20.5. The molecule has 0 aliphatic rings. The molecule has 10 heteroatoms. The summed E-state index contributed by atoms with van der Waals surface area (Å²) in [5.41, 5.74) is 4.68. The Balaban J connectivity index is 1.22. The predicted octanol–water partition coefficient (Wildman–Crippen LogP) is 14.9. The number of hydrogen-bond acceptors (Lipinski definition) is 6. The third-order valence-electron chi connectivity index (χ3n) is 11.8. The van der Waals surface area contributed by atoms with Crippen LogP contribution in [0.3, 0.4) is 0 Å². The van der Waals surface area contributed by atoms with Crippen molar-refractivity contribution in [2.45, 2.75) is 0 Å². The second-order valence-electron chi connectivity index (χ2n) is 15.5. The molecule has 66 heavy (non-hydrogen) atoms. The summed E-state index contributed by atoms with van der Waals surface area (Å²) >= 11 is 0. The van der Waals surface area contributed by atoms with Crippen LogP contribution in [0.2, 0.25) is 0 Å². The van der Waals surface area contributed by atoms with Gasteiger partial charge in [0.1, 0.15) is 23.3 Å². The van der Waals surface area contributed by atoms with Gasteiger partial charge in [-0.2, -0.15) is 21.0 Å². The maximum Gasteiger partial charge on any atom is 0.150 e. The average Bonchev–Trinajstić information content (AvgIpc) is 3.35. The van der Waals surface area contributed by atoms with Crippen LogP contribution >= 0.6 is 0 Å². The number of halogens is 4. The molecule has 0 saturated heterocycles. The van der Waals surface area contributed by atoms with E-state index >= 15 is 17.6 Å². The normalized spacial score (nSPS) is 11.0. The molecule has 0 N–H and O–H groups in total. The van der Waals surface area contributed by atoms with E-state index in [9.17, 15) is 21.0 Å². The van der Waals surface area contributed by atoms with Crippen LogP contribution in [0.25, 0.3) is 54.6 Å². The molecule has 0 unspecified atom stereocenters. The molecule has 10 rings (SSSR count). The molecule has 0 spiro atoms. The number of nitriles is 4. The summed E-state index contributed by atoms with van der Waals surface area (Å²) in [5.74, 6) is -3.28. The SMILES string of the molecule is N#Cc1ccc(-c2cc(N(c3ccc(C#N)cc3)c3ccc4ccc5c(N(c6ccc(C#N)cc6)c6cc(-c7ccc(C#N)cc7)c(F)cc6F)ccc6ccc3c4c65)c(F)cc2F)cc1. The van der Waals surface area contributed by atoms with Crippen molar-refractivity contribution in [3.05, 3.63) is 215 Å². The third-order valence-corrected chi connectivity index (χ3v) is 11.8. The minimum Gasteiger partial charge on any atom is -0.307 e. The lowest BCUT2D eigenvalue weighted by atomic mass is 9.91. The lowest BCUT2D eigenvalue weighted by Crippen LogP contribution is -2.14. The molecule has 0 fully saturated rings. The molecule has 0 amide bonds. The Labute approximate surface area is 375 Å². The van der Waals surface area contributed by atoms with Gasteiger partial charge in [0.25, 0.3) is 0 Å². The minimum absolute atomic E-state index is 0.0213. The molecular formula is C56H28F4N6. The Morgan fingerprint density at radius 3 is 0.970 bits per heavy atom. The second kappa shape index (κ2) is 16.3. The van der Waals surface area contributed by atoms with Crippen LogP contribution in [0, 0.1) is 68.6 Å². The van der Waals surface area contributed by atoms with Gasteiger partial charge in [-0.3, -0.25) is 0 Å². The lowest BCUT2D eigenvalue weighted by Gasteiger charge is -2.30. The quantitative estimate of drug-likeness (QED) is 0.111. The van der Waals surface area contributed by atoms with Gasteiger partial charge >= 0.3 is 0 Å². The summed E-state index contributed by atoms with van der Waals surface area (Å²) in [6.07, 6.45) is 0. The highest BCUT2D eigenvalue weighted by atomic mass is 19.1. The fourth-order valence-electron chi connectivity index (χ4n) is 8.66. The van der Waals surface area contributed by atoms with E-state index in [0.29, 0.717) is 66.9 Å². The van der Waals surface area contributed by atoms with E-state index in [1.165, 1.54) is 12.1 Å². The van der Waals surface area contributed by atoms with Crippen LogP contribution in [0.4, 0.5) is 51.7 Å². The van der Waals surface area contributed by atoms with Crippen molar-refractivity contribution in [1.82, 2.24) is 0 Å². The van der Waals surface area contributed by atoms with Crippen molar-refractivity contribution in [2.24, 2.45) is 0 Å². The van der Waals surface area contributed by atoms with Gasteiger partial charge in [-0.05, 0) is 130 Å². The Hall–Kier alpha value is -9.48. The molecule has 0 radical (unpaired) electrons. The molecule has 0 aromatic heterocycles. The highest BCUT2D eigenvalue weighted by Gasteiger charge is 2.26. The van der Waals surface area contributed by atoms with E-state index in [4.69, 9.17) is 0 Å². The van der Waals surface area contributed by atoms with Crippen LogP contribution in [0.15, 0.2) is 170 Å². The number of anilines is 6. The lowest BCUT2D eigenvalue weighted by molar-refractivity contribution is 0.586. The molecule has 0 aliphatic heterocycles. The Kier molecular flexibility index (Phi) is 10.0. The molecule has 0 atom stereocenters. The summed E-state index contributed by atoms with van der Waals surface area (Å²) in [4.78, 5) is 3.36. The molecule has 0 aliphatic carbocycles. The van der Waals surface area contributed by atoms with Crippen LogP contribution in [-0.2, 0) is 0 Å². The van der Waals surface area contributed by atoms with Crippen molar-refractivity contribution in [3.63, 3.8) is 0 Å². The van der Waals surface area contributed by atoms with Crippen molar-refractivity contribution in [1.29, 1.82) is 21.0 Å². The van der Waals surface area contributed by atoms with Gasteiger partial charge in [-0.1, -0.05) is 60.7 Å². The first kappa shape index (κ1) is 40.6. The molecule has 6 nitrogen and oxygen atoms in total. The summed E-state index contributed by atoms with van der Waals surface area (Å²) < 4.78 is 64.5. The van der Waals surface area contributed by atoms with Crippen molar-refractivity contribution >= 4 is 66.4 Å². The van der Waals surface area contributed by atoms with Crippen LogP contribution in [0.5, 0.6) is 0 Å². The Morgan fingerprint density at radius 2 is 0.636 bits per heavy atom. The summed E-state index contributed by atoms with van der Waals surface area (Å²) in [6, 6.07) is 54.0. The average molecular weight is 861 g/mol. The van der Waals surface area contributed by atoms with Crippen molar-refractivity contribution < 1.29 is 17.6 Å². The first-order valence-corrected chi connectivity index (χ1v) is 20.5. The smallest absolute Gasteiger partial charge is 0.150 e. The molecule has 10 aromatic rings. The summed E-state index contributed by atoms with van der Waals surface area (Å²) in [6.45, 7) is 0. The van der Waals surface area contributed by atoms with E-state index in [1.807, 2.05) is 48.5 Å². The van der Waals surface area contributed by atoms with Crippen molar-refractivity contribution in [2.75, 3.05) is 9.80 Å². The maximum absolute atomic E-state index is 16.5. The number of nitrogens with zero attached hydrogens (tertiary/aromatic N) is 6. The third kappa shape index (κ3) is 6.89. The molecule has 0 bridgehead atoms. The minimum atomic E-state index is -0.845. The fraction of sp³-hybridized carbons (Fsp3) is 0.